The highest BCUT2D eigenvalue weighted by Gasteiger charge is 2.31. The minimum atomic E-state index is -4.46. The highest BCUT2D eigenvalue weighted by Crippen LogP contribution is 2.32. The predicted molar refractivity (Wildman–Crippen MR) is 78.9 cm³/mol. The zero-order valence-corrected chi connectivity index (χ0v) is 12.6. The van der Waals surface area contributed by atoms with Crippen LogP contribution >= 0.6 is 11.6 Å². The Labute approximate surface area is 130 Å². The number of aryl methyl sites for hydroxylation is 1. The molecule has 0 unspecified atom stereocenters. The van der Waals surface area contributed by atoms with Gasteiger partial charge in [-0.15, -0.1) is 0 Å². The molecule has 7 heteroatoms. The van der Waals surface area contributed by atoms with Gasteiger partial charge in [0.25, 0.3) is 5.56 Å². The van der Waals surface area contributed by atoms with E-state index < -0.39 is 17.3 Å². The third-order valence-electron chi connectivity index (χ3n) is 3.22. The fourth-order valence-corrected chi connectivity index (χ4v) is 2.25. The van der Waals surface area contributed by atoms with Crippen molar-refractivity contribution in [2.24, 2.45) is 0 Å². The van der Waals surface area contributed by atoms with Crippen LogP contribution in [0.25, 0.3) is 11.3 Å². The fraction of sp³-hybridized carbons (Fsp3) is 0.333. The third kappa shape index (κ3) is 3.68. The van der Waals surface area contributed by atoms with Gasteiger partial charge in [-0.05, 0) is 36.6 Å². The third-order valence-corrected chi connectivity index (χ3v) is 3.44. The van der Waals surface area contributed by atoms with Gasteiger partial charge in [-0.2, -0.15) is 13.2 Å². The van der Waals surface area contributed by atoms with E-state index in [1.807, 2.05) is 6.92 Å². The number of nitrogens with one attached hydrogen (secondary N) is 1. The van der Waals surface area contributed by atoms with Crippen molar-refractivity contribution in [3.8, 4) is 11.3 Å². The highest BCUT2D eigenvalue weighted by atomic mass is 35.5. The Morgan fingerprint density at radius 3 is 2.64 bits per heavy atom. The Kier molecular flexibility index (Phi) is 4.90. The number of unbranched alkanes of at least 4 members (excludes halogenated alkanes) is 1. The van der Waals surface area contributed by atoms with Crippen molar-refractivity contribution in [2.75, 3.05) is 0 Å². The van der Waals surface area contributed by atoms with Crippen molar-refractivity contribution >= 4 is 11.6 Å². The molecule has 0 atom stereocenters. The quantitative estimate of drug-likeness (QED) is 0.842. The number of nitrogens with zero attached hydrogens (tertiary/aromatic N) is 1. The molecular formula is C15H14ClF3N2O. The molecule has 0 radical (unpaired) electrons. The zero-order chi connectivity index (χ0) is 16.3. The first-order valence-corrected chi connectivity index (χ1v) is 7.16. The van der Waals surface area contributed by atoms with Crippen LogP contribution in [-0.4, -0.2) is 9.97 Å². The van der Waals surface area contributed by atoms with Gasteiger partial charge in [0.1, 0.15) is 5.15 Å². The Balaban J connectivity index is 2.56. The van der Waals surface area contributed by atoms with Crippen molar-refractivity contribution in [3.05, 3.63) is 51.0 Å². The van der Waals surface area contributed by atoms with E-state index in [0.717, 1.165) is 18.7 Å². The first-order valence-electron chi connectivity index (χ1n) is 6.78. The lowest BCUT2D eigenvalue weighted by Gasteiger charge is -2.12. The number of pyridine rings is 2. The minimum absolute atomic E-state index is 0.163. The smallest absolute Gasteiger partial charge is 0.312 e. The average Bonchev–Trinajstić information content (AvgIpc) is 2.44. The molecule has 0 aliphatic carbocycles. The second-order valence-corrected chi connectivity index (χ2v) is 5.29. The van der Waals surface area contributed by atoms with Gasteiger partial charge in [-0.1, -0.05) is 24.9 Å². The first-order chi connectivity index (χ1) is 10.3. The van der Waals surface area contributed by atoms with E-state index in [2.05, 4.69) is 9.97 Å². The van der Waals surface area contributed by atoms with Crippen LogP contribution in [0.15, 0.2) is 29.2 Å². The summed E-state index contributed by atoms with van der Waals surface area (Å²) in [6.07, 6.45) is -1.75. The second-order valence-electron chi connectivity index (χ2n) is 4.88. The van der Waals surface area contributed by atoms with Crippen LogP contribution in [0, 0.1) is 0 Å². The lowest BCUT2D eigenvalue weighted by atomic mass is 10.0. The molecule has 0 aliphatic rings. The molecule has 2 rings (SSSR count). The molecule has 118 valence electrons. The summed E-state index contributed by atoms with van der Waals surface area (Å²) in [7, 11) is 0. The molecule has 2 heterocycles. The summed E-state index contributed by atoms with van der Waals surface area (Å²) < 4.78 is 38.5. The summed E-state index contributed by atoms with van der Waals surface area (Å²) in [5.74, 6) is 0. The van der Waals surface area contributed by atoms with Crippen LogP contribution in [0.3, 0.4) is 0 Å². The summed E-state index contributed by atoms with van der Waals surface area (Å²) in [6.45, 7) is 1.94. The van der Waals surface area contributed by atoms with Crippen molar-refractivity contribution in [2.45, 2.75) is 32.4 Å². The molecule has 2 aromatic heterocycles. The summed E-state index contributed by atoms with van der Waals surface area (Å²) >= 11 is 5.69. The molecule has 0 bridgehead atoms. The van der Waals surface area contributed by atoms with Crippen LogP contribution in [0.5, 0.6) is 0 Å². The molecule has 1 N–H and O–H groups in total. The van der Waals surface area contributed by atoms with E-state index in [4.69, 9.17) is 11.6 Å². The number of aromatic nitrogens is 2. The van der Waals surface area contributed by atoms with Crippen LogP contribution in [0.4, 0.5) is 13.2 Å². The summed E-state index contributed by atoms with van der Waals surface area (Å²) in [4.78, 5) is 18.2. The number of halogens is 4. The normalized spacial score (nSPS) is 11.7. The standard InChI is InChI=1S/C15H14ClF3N2O/c1-2-3-4-9-7-10(15(17,18)19)8-20-13(9)11-5-6-12(16)21-14(11)22/h5-8H,2-4H2,1H3,(H,21,22). The maximum absolute atomic E-state index is 12.8. The van der Waals surface area contributed by atoms with E-state index in [0.29, 0.717) is 18.4 Å². The van der Waals surface area contributed by atoms with E-state index >= 15 is 0 Å². The second kappa shape index (κ2) is 6.52. The molecule has 3 nitrogen and oxygen atoms in total. The van der Waals surface area contributed by atoms with Crippen molar-refractivity contribution in [1.82, 2.24) is 9.97 Å². The van der Waals surface area contributed by atoms with Crippen LogP contribution in [-0.2, 0) is 12.6 Å². The first kappa shape index (κ1) is 16.5. The van der Waals surface area contributed by atoms with E-state index in [1.54, 1.807) is 0 Å². The molecule has 22 heavy (non-hydrogen) atoms. The lowest BCUT2D eigenvalue weighted by Crippen LogP contribution is -2.12. The van der Waals surface area contributed by atoms with Gasteiger partial charge in [0.15, 0.2) is 0 Å². The Bertz CT molecular complexity index is 725. The van der Waals surface area contributed by atoms with E-state index in [9.17, 15) is 18.0 Å². The van der Waals surface area contributed by atoms with E-state index in [-0.39, 0.29) is 16.4 Å². The van der Waals surface area contributed by atoms with Crippen LogP contribution < -0.4 is 5.56 Å². The molecule has 2 aromatic rings. The molecular weight excluding hydrogens is 317 g/mol. The molecule has 0 spiro atoms. The molecule has 0 aromatic carbocycles. The fourth-order valence-electron chi connectivity index (χ4n) is 2.10. The van der Waals surface area contributed by atoms with Gasteiger partial charge >= 0.3 is 6.18 Å². The van der Waals surface area contributed by atoms with Crippen molar-refractivity contribution in [1.29, 1.82) is 0 Å². The monoisotopic (exact) mass is 330 g/mol. The molecule has 0 fully saturated rings. The van der Waals surface area contributed by atoms with Crippen molar-refractivity contribution < 1.29 is 13.2 Å². The van der Waals surface area contributed by atoms with Crippen LogP contribution in [0.2, 0.25) is 5.15 Å². The largest absolute Gasteiger partial charge is 0.417 e. The Morgan fingerprint density at radius 1 is 1.32 bits per heavy atom. The summed E-state index contributed by atoms with van der Waals surface area (Å²) in [5.41, 5.74) is -0.404. The summed E-state index contributed by atoms with van der Waals surface area (Å²) in [5, 5.41) is 0.163. The number of H-pyrrole nitrogens is 1. The van der Waals surface area contributed by atoms with Crippen LogP contribution in [0.1, 0.15) is 30.9 Å². The molecule has 0 saturated heterocycles. The van der Waals surface area contributed by atoms with Gasteiger partial charge in [-0.3, -0.25) is 9.78 Å². The topological polar surface area (TPSA) is 45.8 Å². The SMILES string of the molecule is CCCCc1cc(C(F)(F)F)cnc1-c1ccc(Cl)[nH]c1=O. The number of hydrogen-bond donors (Lipinski definition) is 1. The molecule has 0 saturated carbocycles. The number of aromatic amines is 1. The van der Waals surface area contributed by atoms with Gasteiger partial charge in [0, 0.05) is 6.20 Å². The predicted octanol–water partition coefficient (Wildman–Crippen LogP) is 4.45. The summed E-state index contributed by atoms with van der Waals surface area (Å²) in [6, 6.07) is 4.00. The van der Waals surface area contributed by atoms with Crippen molar-refractivity contribution in [3.63, 3.8) is 0 Å². The highest BCUT2D eigenvalue weighted by molar-refractivity contribution is 6.29. The zero-order valence-electron chi connectivity index (χ0n) is 11.8. The van der Waals surface area contributed by atoms with E-state index in [1.165, 1.54) is 12.1 Å². The Morgan fingerprint density at radius 2 is 2.05 bits per heavy atom. The number of hydrogen-bond acceptors (Lipinski definition) is 2. The number of rotatable bonds is 4. The van der Waals surface area contributed by atoms with Gasteiger partial charge in [0.2, 0.25) is 0 Å². The maximum atomic E-state index is 12.8. The van der Waals surface area contributed by atoms with Gasteiger partial charge in [0.05, 0.1) is 16.8 Å². The molecule has 0 aliphatic heterocycles. The minimum Gasteiger partial charge on any atom is -0.312 e. The lowest BCUT2D eigenvalue weighted by molar-refractivity contribution is -0.137. The average molecular weight is 331 g/mol. The molecule has 0 amide bonds. The maximum Gasteiger partial charge on any atom is 0.417 e. The Hall–Kier alpha value is -1.82. The van der Waals surface area contributed by atoms with Gasteiger partial charge < -0.3 is 4.98 Å². The van der Waals surface area contributed by atoms with Gasteiger partial charge in [-0.25, -0.2) is 0 Å². The number of alkyl halides is 3.